The summed E-state index contributed by atoms with van der Waals surface area (Å²) in [5.74, 6) is 0. The van der Waals surface area contributed by atoms with Crippen LogP contribution >= 0.6 is 11.8 Å². The number of hydrogen-bond donors (Lipinski definition) is 1. The van der Waals surface area contributed by atoms with E-state index in [4.69, 9.17) is 15.2 Å². The zero-order valence-corrected chi connectivity index (χ0v) is 9.48. The van der Waals surface area contributed by atoms with E-state index < -0.39 is 11.8 Å². The molecule has 3 nitrogen and oxygen atoms in total. The van der Waals surface area contributed by atoms with Gasteiger partial charge in [0.1, 0.15) is 0 Å². The number of ether oxygens (including phenoxy) is 2. The van der Waals surface area contributed by atoms with E-state index in [0.717, 1.165) is 0 Å². The SMILES string of the molecule is Nc1ccc(SC(F)(F)F)cc1C1OCCO1. The summed E-state index contributed by atoms with van der Waals surface area (Å²) >= 11 is -0.184. The molecular formula is C10H10F3NO2S. The van der Waals surface area contributed by atoms with Crippen LogP contribution in [-0.4, -0.2) is 18.7 Å². The van der Waals surface area contributed by atoms with Crippen LogP contribution in [0.3, 0.4) is 0 Å². The number of anilines is 1. The first-order chi connectivity index (χ1) is 7.96. The minimum atomic E-state index is -4.31. The standard InChI is InChI=1S/C10H10F3NO2S/c11-10(12,13)17-6-1-2-8(14)7(5-6)9-15-3-4-16-9/h1-2,5,9H,3-4,14H2. The average molecular weight is 265 g/mol. The minimum Gasteiger partial charge on any atom is -0.398 e. The minimum absolute atomic E-state index is 0.0702. The van der Waals surface area contributed by atoms with E-state index in [-0.39, 0.29) is 16.7 Å². The van der Waals surface area contributed by atoms with Crippen molar-refractivity contribution >= 4 is 17.4 Å². The van der Waals surface area contributed by atoms with Crippen molar-refractivity contribution in [1.82, 2.24) is 0 Å². The lowest BCUT2D eigenvalue weighted by atomic mass is 10.2. The fraction of sp³-hybridized carbons (Fsp3) is 0.400. The van der Waals surface area contributed by atoms with E-state index in [1.165, 1.54) is 18.2 Å². The van der Waals surface area contributed by atoms with Gasteiger partial charge >= 0.3 is 5.51 Å². The van der Waals surface area contributed by atoms with Crippen LogP contribution in [0.15, 0.2) is 23.1 Å². The first-order valence-electron chi connectivity index (χ1n) is 4.84. The zero-order valence-electron chi connectivity index (χ0n) is 8.66. The number of halogens is 3. The normalized spacial score (nSPS) is 17.6. The van der Waals surface area contributed by atoms with Crippen molar-refractivity contribution < 1.29 is 22.6 Å². The van der Waals surface area contributed by atoms with Gasteiger partial charge in [-0.15, -0.1) is 0 Å². The second-order valence-electron chi connectivity index (χ2n) is 3.41. The fourth-order valence-corrected chi connectivity index (χ4v) is 2.08. The van der Waals surface area contributed by atoms with Crippen molar-refractivity contribution in [1.29, 1.82) is 0 Å². The predicted molar refractivity (Wildman–Crippen MR) is 57.4 cm³/mol. The second-order valence-corrected chi connectivity index (χ2v) is 4.55. The molecule has 1 heterocycles. The third kappa shape index (κ3) is 3.27. The molecule has 0 amide bonds. The lowest BCUT2D eigenvalue weighted by Crippen LogP contribution is -2.04. The number of alkyl halides is 3. The molecule has 0 spiro atoms. The first-order valence-corrected chi connectivity index (χ1v) is 5.66. The van der Waals surface area contributed by atoms with Crippen molar-refractivity contribution in [3.8, 4) is 0 Å². The molecule has 7 heteroatoms. The van der Waals surface area contributed by atoms with Crippen LogP contribution in [0.4, 0.5) is 18.9 Å². The predicted octanol–water partition coefficient (Wildman–Crippen LogP) is 2.93. The summed E-state index contributed by atoms with van der Waals surface area (Å²) in [5, 5.41) is 0. The largest absolute Gasteiger partial charge is 0.446 e. The zero-order chi connectivity index (χ0) is 12.5. The van der Waals surface area contributed by atoms with E-state index in [9.17, 15) is 13.2 Å². The van der Waals surface area contributed by atoms with Gasteiger partial charge in [0.25, 0.3) is 0 Å². The molecule has 94 valence electrons. The van der Waals surface area contributed by atoms with Crippen molar-refractivity contribution in [2.45, 2.75) is 16.7 Å². The summed E-state index contributed by atoms with van der Waals surface area (Å²) in [6.45, 7) is 0.835. The molecule has 0 unspecified atom stereocenters. The van der Waals surface area contributed by atoms with Crippen molar-refractivity contribution in [3.05, 3.63) is 23.8 Å². The first kappa shape index (κ1) is 12.5. The van der Waals surface area contributed by atoms with Crippen LogP contribution in [0, 0.1) is 0 Å². The Labute approximate surface area is 100 Å². The summed E-state index contributed by atoms with van der Waals surface area (Å²) in [5.41, 5.74) is 2.17. The molecule has 0 radical (unpaired) electrons. The summed E-state index contributed by atoms with van der Waals surface area (Å²) < 4.78 is 47.1. The molecule has 1 aromatic carbocycles. The van der Waals surface area contributed by atoms with Crippen LogP contribution in [0.1, 0.15) is 11.9 Å². The van der Waals surface area contributed by atoms with Gasteiger partial charge in [-0.25, -0.2) is 0 Å². The maximum absolute atomic E-state index is 12.2. The smallest absolute Gasteiger partial charge is 0.398 e. The molecule has 0 aliphatic carbocycles. The molecule has 0 atom stereocenters. The van der Waals surface area contributed by atoms with Gasteiger partial charge in [-0.2, -0.15) is 13.2 Å². The van der Waals surface area contributed by atoms with Crippen molar-refractivity contribution in [2.75, 3.05) is 18.9 Å². The number of rotatable bonds is 2. The Bertz CT molecular complexity index is 405. The van der Waals surface area contributed by atoms with Gasteiger partial charge in [-0.1, -0.05) is 0 Å². The van der Waals surface area contributed by atoms with Gasteiger partial charge in [-0.3, -0.25) is 0 Å². The Morgan fingerprint density at radius 3 is 2.47 bits per heavy atom. The molecule has 1 aromatic rings. The Morgan fingerprint density at radius 1 is 1.24 bits per heavy atom. The Balaban J connectivity index is 2.22. The van der Waals surface area contributed by atoms with Gasteiger partial charge in [0.05, 0.1) is 13.2 Å². The van der Waals surface area contributed by atoms with Gasteiger partial charge in [0.2, 0.25) is 0 Å². The highest BCUT2D eigenvalue weighted by Gasteiger charge is 2.30. The van der Waals surface area contributed by atoms with Gasteiger partial charge in [0.15, 0.2) is 6.29 Å². The molecule has 1 aliphatic heterocycles. The molecule has 0 saturated carbocycles. The molecule has 17 heavy (non-hydrogen) atoms. The Kier molecular flexibility index (Phi) is 3.50. The molecule has 0 aromatic heterocycles. The number of nitrogens with two attached hydrogens (primary N) is 1. The maximum atomic E-state index is 12.2. The third-order valence-corrected chi connectivity index (χ3v) is 2.89. The summed E-state index contributed by atoms with van der Waals surface area (Å²) in [4.78, 5) is 0.0702. The highest BCUT2D eigenvalue weighted by atomic mass is 32.2. The fourth-order valence-electron chi connectivity index (χ4n) is 1.49. The topological polar surface area (TPSA) is 44.5 Å². The molecular weight excluding hydrogens is 255 g/mol. The van der Waals surface area contributed by atoms with E-state index in [1.54, 1.807) is 0 Å². The van der Waals surface area contributed by atoms with E-state index >= 15 is 0 Å². The van der Waals surface area contributed by atoms with Crippen molar-refractivity contribution in [2.24, 2.45) is 0 Å². The summed E-state index contributed by atoms with van der Waals surface area (Å²) in [6.07, 6.45) is -0.663. The van der Waals surface area contributed by atoms with Crippen LogP contribution < -0.4 is 5.73 Å². The van der Waals surface area contributed by atoms with Gasteiger partial charge in [-0.05, 0) is 30.0 Å². The van der Waals surface area contributed by atoms with Crippen molar-refractivity contribution in [3.63, 3.8) is 0 Å². The highest BCUT2D eigenvalue weighted by Crippen LogP contribution is 2.39. The molecule has 2 N–H and O–H groups in total. The third-order valence-electron chi connectivity index (χ3n) is 2.17. The quantitative estimate of drug-likeness (QED) is 0.659. The Hall–Kier alpha value is -0.920. The van der Waals surface area contributed by atoms with E-state index in [2.05, 4.69) is 0 Å². The number of nitrogen functional groups attached to an aromatic ring is 1. The molecule has 1 aliphatic rings. The molecule has 2 rings (SSSR count). The molecule has 0 bridgehead atoms. The molecule has 1 fully saturated rings. The highest BCUT2D eigenvalue weighted by molar-refractivity contribution is 8.00. The number of benzene rings is 1. The van der Waals surface area contributed by atoms with Crippen LogP contribution in [0.5, 0.6) is 0 Å². The average Bonchev–Trinajstić information content (AvgIpc) is 2.72. The monoisotopic (exact) mass is 265 g/mol. The van der Waals surface area contributed by atoms with E-state index in [0.29, 0.717) is 24.5 Å². The maximum Gasteiger partial charge on any atom is 0.446 e. The second kappa shape index (κ2) is 4.75. The summed E-state index contributed by atoms with van der Waals surface area (Å²) in [6, 6.07) is 4.10. The van der Waals surface area contributed by atoms with Crippen LogP contribution in [-0.2, 0) is 9.47 Å². The van der Waals surface area contributed by atoms with Crippen LogP contribution in [0.25, 0.3) is 0 Å². The number of hydrogen-bond acceptors (Lipinski definition) is 4. The number of thioether (sulfide) groups is 1. The lowest BCUT2D eigenvalue weighted by molar-refractivity contribution is -0.0438. The molecule has 1 saturated heterocycles. The lowest BCUT2D eigenvalue weighted by Gasteiger charge is -2.14. The van der Waals surface area contributed by atoms with Crippen LogP contribution in [0.2, 0.25) is 0 Å². The van der Waals surface area contributed by atoms with Gasteiger partial charge < -0.3 is 15.2 Å². The summed E-state index contributed by atoms with van der Waals surface area (Å²) in [7, 11) is 0. The van der Waals surface area contributed by atoms with E-state index in [1.807, 2.05) is 0 Å². The van der Waals surface area contributed by atoms with Gasteiger partial charge in [0, 0.05) is 16.1 Å². The Morgan fingerprint density at radius 2 is 1.88 bits per heavy atom.